The molecule has 0 amide bonds. The molecular weight excluding hydrogens is 441 g/mol. The molecule has 8 heteroatoms. The zero-order chi connectivity index (χ0) is 23.3. The Morgan fingerprint density at radius 1 is 0.875 bits per heavy atom. The third kappa shape index (κ3) is 6.43. The highest BCUT2D eigenvalue weighted by molar-refractivity contribution is 7.99. The van der Waals surface area contributed by atoms with E-state index >= 15 is 0 Å². The lowest BCUT2D eigenvalue weighted by Gasteiger charge is -2.12. The molecule has 1 N–H and O–H groups in total. The smallest absolute Gasteiger partial charge is 0.416 e. The number of alkyl halides is 3. The summed E-state index contributed by atoms with van der Waals surface area (Å²) in [5.41, 5.74) is 2.20. The summed E-state index contributed by atoms with van der Waals surface area (Å²) in [4.78, 5) is 12.7. The Balaban J connectivity index is 1.62. The molecule has 0 aliphatic heterocycles. The van der Waals surface area contributed by atoms with Gasteiger partial charge in [-0.15, -0.1) is 0 Å². The highest BCUT2D eigenvalue weighted by Crippen LogP contribution is 2.35. The van der Waals surface area contributed by atoms with Crippen molar-refractivity contribution in [2.24, 2.45) is 0 Å². The molecule has 4 nitrogen and oxygen atoms in total. The molecule has 0 fully saturated rings. The van der Waals surface area contributed by atoms with Crippen LogP contribution in [-0.2, 0) is 17.6 Å². The molecule has 0 aromatic heterocycles. The Labute approximate surface area is 188 Å². The van der Waals surface area contributed by atoms with E-state index in [-0.39, 0.29) is 13.2 Å². The van der Waals surface area contributed by atoms with Crippen LogP contribution >= 0.6 is 11.8 Å². The predicted molar refractivity (Wildman–Crippen MR) is 115 cm³/mol. The first-order chi connectivity index (χ1) is 15.1. The van der Waals surface area contributed by atoms with Crippen molar-refractivity contribution in [2.75, 3.05) is 6.61 Å². The molecule has 0 saturated carbocycles. The summed E-state index contributed by atoms with van der Waals surface area (Å²) in [6.07, 6.45) is -4.37. The molecule has 0 atom stereocenters. The van der Waals surface area contributed by atoms with Crippen molar-refractivity contribution in [1.29, 1.82) is 0 Å². The standard InChI is InChI=1S/C24H21F3O4S/c1-15-11-17(13-30-19-6-4-18(5-7-19)24(25,26)27)3-9-21(15)32-22-10-8-20(12-16(22)2)31-14-23(28)29/h3-12H,13-14H2,1-2H3,(H,28,29). The molecule has 0 heterocycles. The summed E-state index contributed by atoms with van der Waals surface area (Å²) < 4.78 is 48.8. The van der Waals surface area contributed by atoms with E-state index in [0.29, 0.717) is 11.5 Å². The number of hydrogen-bond donors (Lipinski definition) is 1. The van der Waals surface area contributed by atoms with Gasteiger partial charge in [-0.25, -0.2) is 4.79 Å². The van der Waals surface area contributed by atoms with Gasteiger partial charge in [0.1, 0.15) is 18.1 Å². The second kappa shape index (κ2) is 9.99. The molecule has 0 spiro atoms. The average molecular weight is 462 g/mol. The van der Waals surface area contributed by atoms with Gasteiger partial charge < -0.3 is 14.6 Å². The Kier molecular flexibility index (Phi) is 7.35. The maximum Gasteiger partial charge on any atom is 0.416 e. The van der Waals surface area contributed by atoms with Crippen molar-refractivity contribution in [2.45, 2.75) is 36.4 Å². The number of halogens is 3. The van der Waals surface area contributed by atoms with Crippen molar-refractivity contribution < 1.29 is 32.5 Å². The number of aliphatic carboxylic acids is 1. The van der Waals surface area contributed by atoms with Crippen LogP contribution in [0.3, 0.4) is 0 Å². The zero-order valence-corrected chi connectivity index (χ0v) is 18.2. The second-order valence-corrected chi connectivity index (χ2v) is 8.21. The number of rotatable bonds is 8. The van der Waals surface area contributed by atoms with E-state index in [1.54, 1.807) is 23.9 Å². The fraction of sp³-hybridized carbons (Fsp3) is 0.208. The molecule has 0 aliphatic rings. The Bertz CT molecular complexity index is 1100. The number of carbonyl (C=O) groups is 1. The van der Waals surface area contributed by atoms with Crippen molar-refractivity contribution in [3.05, 3.63) is 82.9 Å². The maximum absolute atomic E-state index is 12.6. The largest absolute Gasteiger partial charge is 0.489 e. The first-order valence-corrected chi connectivity index (χ1v) is 10.5. The predicted octanol–water partition coefficient (Wildman–Crippen LogP) is 6.52. The number of benzene rings is 3. The van der Waals surface area contributed by atoms with Gasteiger partial charge in [0.05, 0.1) is 5.56 Å². The third-order valence-electron chi connectivity index (χ3n) is 4.56. The Hall–Kier alpha value is -3.13. The first kappa shape index (κ1) is 23.5. The van der Waals surface area contributed by atoms with Gasteiger partial charge in [-0.05, 0) is 79.1 Å². The summed E-state index contributed by atoms with van der Waals surface area (Å²) in [7, 11) is 0. The van der Waals surface area contributed by atoms with E-state index < -0.39 is 17.7 Å². The summed E-state index contributed by atoms with van der Waals surface area (Å²) in [6, 6.07) is 15.9. The number of hydrogen-bond acceptors (Lipinski definition) is 4. The van der Waals surface area contributed by atoms with Gasteiger partial charge in [0, 0.05) is 9.79 Å². The fourth-order valence-corrected chi connectivity index (χ4v) is 3.86. The molecule has 0 unspecified atom stereocenters. The van der Waals surface area contributed by atoms with Crippen LogP contribution in [0.15, 0.2) is 70.5 Å². The molecule has 0 saturated heterocycles. The topological polar surface area (TPSA) is 55.8 Å². The molecule has 3 rings (SSSR count). The highest BCUT2D eigenvalue weighted by Gasteiger charge is 2.30. The average Bonchev–Trinajstić information content (AvgIpc) is 2.73. The Morgan fingerprint density at radius 3 is 2.03 bits per heavy atom. The summed E-state index contributed by atoms with van der Waals surface area (Å²) >= 11 is 1.58. The van der Waals surface area contributed by atoms with Crippen LogP contribution in [0, 0.1) is 13.8 Å². The number of aryl methyl sites for hydroxylation is 2. The quantitative estimate of drug-likeness (QED) is 0.413. The maximum atomic E-state index is 12.6. The van der Waals surface area contributed by atoms with Gasteiger partial charge in [-0.3, -0.25) is 0 Å². The number of carboxylic acid groups (broad SMARTS) is 1. The van der Waals surface area contributed by atoms with Crippen LogP contribution in [0.5, 0.6) is 11.5 Å². The van der Waals surface area contributed by atoms with E-state index in [2.05, 4.69) is 0 Å². The van der Waals surface area contributed by atoms with Gasteiger partial charge in [0.25, 0.3) is 0 Å². The van der Waals surface area contributed by atoms with E-state index in [0.717, 1.165) is 38.6 Å². The molecule has 0 aliphatic carbocycles. The van der Waals surface area contributed by atoms with Gasteiger partial charge in [0.2, 0.25) is 0 Å². The lowest BCUT2D eigenvalue weighted by Crippen LogP contribution is -2.09. The molecule has 3 aromatic carbocycles. The van der Waals surface area contributed by atoms with Crippen molar-refractivity contribution >= 4 is 17.7 Å². The zero-order valence-electron chi connectivity index (χ0n) is 17.4. The molecule has 32 heavy (non-hydrogen) atoms. The van der Waals surface area contributed by atoms with Crippen LogP contribution in [-0.4, -0.2) is 17.7 Å². The van der Waals surface area contributed by atoms with Crippen LogP contribution < -0.4 is 9.47 Å². The normalized spacial score (nSPS) is 11.3. The van der Waals surface area contributed by atoms with Crippen molar-refractivity contribution in [3.8, 4) is 11.5 Å². The van der Waals surface area contributed by atoms with Gasteiger partial charge in [0.15, 0.2) is 6.61 Å². The van der Waals surface area contributed by atoms with E-state index in [1.807, 2.05) is 38.1 Å². The highest BCUT2D eigenvalue weighted by atomic mass is 32.2. The Morgan fingerprint density at radius 2 is 1.47 bits per heavy atom. The number of ether oxygens (including phenoxy) is 2. The molecule has 168 valence electrons. The van der Waals surface area contributed by atoms with Crippen LogP contribution in [0.1, 0.15) is 22.3 Å². The van der Waals surface area contributed by atoms with Crippen LogP contribution in [0.25, 0.3) is 0 Å². The van der Waals surface area contributed by atoms with E-state index in [9.17, 15) is 18.0 Å². The van der Waals surface area contributed by atoms with Crippen LogP contribution in [0.4, 0.5) is 13.2 Å². The van der Waals surface area contributed by atoms with Gasteiger partial charge >= 0.3 is 12.1 Å². The minimum absolute atomic E-state index is 0.242. The SMILES string of the molecule is Cc1cc(COc2ccc(C(F)(F)F)cc2)ccc1Sc1ccc(OCC(=O)O)cc1C. The molecular formula is C24H21F3O4S. The summed E-state index contributed by atoms with van der Waals surface area (Å²) in [5.74, 6) is -0.157. The fourth-order valence-electron chi connectivity index (χ4n) is 2.91. The van der Waals surface area contributed by atoms with Crippen LogP contribution in [0.2, 0.25) is 0 Å². The lowest BCUT2D eigenvalue weighted by molar-refractivity contribution is -0.139. The lowest BCUT2D eigenvalue weighted by atomic mass is 10.1. The molecule has 3 aromatic rings. The summed E-state index contributed by atoms with van der Waals surface area (Å²) in [5, 5.41) is 8.71. The monoisotopic (exact) mass is 462 g/mol. The summed E-state index contributed by atoms with van der Waals surface area (Å²) in [6.45, 7) is 3.76. The van der Waals surface area contributed by atoms with Gasteiger partial charge in [-0.1, -0.05) is 23.9 Å². The van der Waals surface area contributed by atoms with Crippen molar-refractivity contribution in [3.63, 3.8) is 0 Å². The minimum atomic E-state index is -4.37. The van der Waals surface area contributed by atoms with Gasteiger partial charge in [-0.2, -0.15) is 13.2 Å². The third-order valence-corrected chi connectivity index (χ3v) is 5.91. The molecule has 0 bridgehead atoms. The minimum Gasteiger partial charge on any atom is -0.489 e. The molecule has 0 radical (unpaired) electrons. The number of carboxylic acids is 1. The first-order valence-electron chi connectivity index (χ1n) is 9.64. The van der Waals surface area contributed by atoms with E-state index in [4.69, 9.17) is 14.6 Å². The van der Waals surface area contributed by atoms with E-state index in [1.165, 1.54) is 12.1 Å². The van der Waals surface area contributed by atoms with Crippen molar-refractivity contribution in [1.82, 2.24) is 0 Å². The second-order valence-electron chi connectivity index (χ2n) is 7.12.